The van der Waals surface area contributed by atoms with Crippen LogP contribution in [0.15, 0.2) is 59.5 Å². The highest BCUT2D eigenvalue weighted by molar-refractivity contribution is 5.95. The van der Waals surface area contributed by atoms with Crippen LogP contribution in [0.5, 0.6) is 0 Å². The molecule has 2 aromatic carbocycles. The number of aromatic amines is 1. The second-order valence-corrected chi connectivity index (χ2v) is 7.24. The first-order chi connectivity index (χ1) is 15.0. The number of nitrogens with one attached hydrogen (secondary N) is 1. The van der Waals surface area contributed by atoms with Crippen molar-refractivity contribution >= 4 is 22.6 Å². The molecule has 0 atom stereocenters. The molecule has 31 heavy (non-hydrogen) atoms. The zero-order valence-corrected chi connectivity index (χ0v) is 16.9. The van der Waals surface area contributed by atoms with Crippen molar-refractivity contribution in [2.24, 2.45) is 7.05 Å². The van der Waals surface area contributed by atoms with Crippen LogP contribution >= 0.6 is 0 Å². The maximum Gasteiger partial charge on any atom is 0.342 e. The lowest BCUT2D eigenvalue weighted by Crippen LogP contribution is -2.20. The number of benzene rings is 2. The highest BCUT2D eigenvalue weighted by Gasteiger charge is 2.19. The molecule has 0 bridgehead atoms. The van der Waals surface area contributed by atoms with Crippen LogP contribution in [-0.4, -0.2) is 35.3 Å². The molecule has 9 heteroatoms. The first kappa shape index (κ1) is 18.7. The summed E-state index contributed by atoms with van der Waals surface area (Å²) in [6.45, 7) is 1.81. The summed E-state index contributed by atoms with van der Waals surface area (Å²) in [6, 6.07) is 15.0. The van der Waals surface area contributed by atoms with Gasteiger partial charge in [-0.3, -0.25) is 18.9 Å². The molecule has 0 radical (unpaired) electrons. The van der Waals surface area contributed by atoms with E-state index in [0.717, 1.165) is 11.1 Å². The van der Waals surface area contributed by atoms with Gasteiger partial charge in [0.15, 0.2) is 12.4 Å². The molecule has 1 N–H and O–H groups in total. The van der Waals surface area contributed by atoms with Gasteiger partial charge in [-0.15, -0.1) is 10.2 Å². The van der Waals surface area contributed by atoms with Crippen molar-refractivity contribution in [3.8, 4) is 11.3 Å². The van der Waals surface area contributed by atoms with Crippen LogP contribution in [0.3, 0.4) is 0 Å². The van der Waals surface area contributed by atoms with Crippen LogP contribution in [0.2, 0.25) is 0 Å². The Morgan fingerprint density at radius 1 is 1.13 bits per heavy atom. The van der Waals surface area contributed by atoms with E-state index in [1.807, 2.05) is 55.5 Å². The maximum atomic E-state index is 12.8. The number of nitrogens with zero attached hydrogens (tertiary/aromatic N) is 5. The van der Waals surface area contributed by atoms with E-state index in [9.17, 15) is 9.59 Å². The molecule has 5 aromatic rings. The molecule has 0 spiro atoms. The minimum atomic E-state index is -0.533. The van der Waals surface area contributed by atoms with Gasteiger partial charge in [0.25, 0.3) is 5.56 Å². The number of ether oxygens (including phenoxy) is 1. The van der Waals surface area contributed by atoms with Crippen molar-refractivity contribution in [1.82, 2.24) is 29.4 Å². The topological polar surface area (TPSA) is 107 Å². The van der Waals surface area contributed by atoms with Gasteiger partial charge in [-0.05, 0) is 19.1 Å². The summed E-state index contributed by atoms with van der Waals surface area (Å²) in [6.07, 6.45) is 1.44. The summed E-state index contributed by atoms with van der Waals surface area (Å²) in [5.74, 6) is 0.257. The number of esters is 1. The highest BCUT2D eigenvalue weighted by Crippen LogP contribution is 2.22. The molecule has 0 aliphatic rings. The van der Waals surface area contributed by atoms with E-state index in [2.05, 4.69) is 20.4 Å². The number of carbonyl (C=O) groups is 1. The second-order valence-electron chi connectivity index (χ2n) is 7.24. The monoisotopic (exact) mass is 414 g/mol. The van der Waals surface area contributed by atoms with Crippen LogP contribution in [0.4, 0.5) is 0 Å². The van der Waals surface area contributed by atoms with Gasteiger partial charge < -0.3 is 4.74 Å². The molecule has 154 valence electrons. The van der Waals surface area contributed by atoms with Crippen molar-refractivity contribution in [1.29, 1.82) is 0 Å². The molecule has 0 aliphatic heterocycles. The number of rotatable bonds is 4. The number of aromatic nitrogens is 6. The van der Waals surface area contributed by atoms with Gasteiger partial charge in [0, 0.05) is 12.6 Å². The number of hydrogen-bond donors (Lipinski definition) is 1. The molecule has 3 heterocycles. The summed E-state index contributed by atoms with van der Waals surface area (Å²) in [7, 11) is 1.64. The highest BCUT2D eigenvalue weighted by atomic mass is 16.5. The molecular formula is C22H18N6O3. The largest absolute Gasteiger partial charge is 0.454 e. The van der Waals surface area contributed by atoms with Gasteiger partial charge >= 0.3 is 5.97 Å². The summed E-state index contributed by atoms with van der Waals surface area (Å²) in [4.78, 5) is 25.4. The molecule has 0 amide bonds. The van der Waals surface area contributed by atoms with Crippen LogP contribution in [0.1, 0.15) is 21.7 Å². The normalized spacial score (nSPS) is 11.3. The van der Waals surface area contributed by atoms with Gasteiger partial charge in [-0.1, -0.05) is 42.0 Å². The SMILES string of the molecule is Cc1ccc2c(c1)c(=O)n(C)c1nnc(COC(=O)c3cn[nH]c3-c3ccccc3)n21. The Bertz CT molecular complexity index is 1500. The van der Waals surface area contributed by atoms with Gasteiger partial charge in [-0.2, -0.15) is 5.10 Å². The minimum absolute atomic E-state index is 0.111. The Morgan fingerprint density at radius 2 is 1.94 bits per heavy atom. The quantitative estimate of drug-likeness (QED) is 0.453. The van der Waals surface area contributed by atoms with Gasteiger partial charge in [0.05, 0.1) is 22.8 Å². The molecule has 5 rings (SSSR count). The van der Waals surface area contributed by atoms with Crippen LogP contribution in [-0.2, 0) is 18.4 Å². The number of carbonyl (C=O) groups excluding carboxylic acids is 1. The van der Waals surface area contributed by atoms with Gasteiger partial charge in [-0.25, -0.2) is 4.79 Å². The van der Waals surface area contributed by atoms with Crippen LogP contribution < -0.4 is 5.56 Å². The smallest absolute Gasteiger partial charge is 0.342 e. The lowest BCUT2D eigenvalue weighted by Gasteiger charge is -2.09. The first-order valence-electron chi connectivity index (χ1n) is 9.64. The minimum Gasteiger partial charge on any atom is -0.454 e. The Hall–Kier alpha value is -4.27. The molecule has 0 aliphatic carbocycles. The van der Waals surface area contributed by atoms with E-state index in [4.69, 9.17) is 4.74 Å². The zero-order chi connectivity index (χ0) is 21.5. The number of fused-ring (bicyclic) bond motifs is 3. The van der Waals surface area contributed by atoms with E-state index < -0.39 is 5.97 Å². The van der Waals surface area contributed by atoms with Crippen molar-refractivity contribution in [2.45, 2.75) is 13.5 Å². The summed E-state index contributed by atoms with van der Waals surface area (Å²) < 4.78 is 8.70. The zero-order valence-electron chi connectivity index (χ0n) is 16.9. The van der Waals surface area contributed by atoms with Crippen LogP contribution in [0.25, 0.3) is 27.9 Å². The second kappa shape index (κ2) is 7.21. The molecular weight excluding hydrogens is 396 g/mol. The summed E-state index contributed by atoms with van der Waals surface area (Å²) in [5.41, 5.74) is 3.21. The van der Waals surface area contributed by atoms with Gasteiger partial charge in [0.2, 0.25) is 5.78 Å². The number of H-pyrrole nitrogens is 1. The van der Waals surface area contributed by atoms with Crippen molar-refractivity contribution in [3.63, 3.8) is 0 Å². The fraction of sp³-hybridized carbons (Fsp3) is 0.136. The maximum absolute atomic E-state index is 12.8. The average Bonchev–Trinajstić information content (AvgIpc) is 3.44. The Kier molecular flexibility index (Phi) is 4.36. The van der Waals surface area contributed by atoms with Gasteiger partial charge in [0.1, 0.15) is 5.56 Å². The standard InChI is InChI=1S/C22H18N6O3/c1-13-8-9-17-15(10-13)20(29)27(2)22-26-24-18(28(17)22)12-31-21(30)16-11-23-25-19(16)14-6-4-3-5-7-14/h3-11H,12H2,1-2H3,(H,23,25). The summed E-state index contributed by atoms with van der Waals surface area (Å²) in [5, 5.41) is 15.7. The Morgan fingerprint density at radius 3 is 2.74 bits per heavy atom. The van der Waals surface area contributed by atoms with Crippen molar-refractivity contribution in [3.05, 3.63) is 82.0 Å². The van der Waals surface area contributed by atoms with Crippen LogP contribution in [0, 0.1) is 6.92 Å². The Balaban J connectivity index is 1.50. The molecule has 3 aromatic heterocycles. The predicted octanol–water partition coefficient (Wildman–Crippen LogP) is 2.64. The predicted molar refractivity (Wildman–Crippen MR) is 114 cm³/mol. The molecule has 9 nitrogen and oxygen atoms in total. The first-order valence-corrected chi connectivity index (χ1v) is 9.64. The Labute approximate surface area is 175 Å². The van der Waals surface area contributed by atoms with E-state index in [0.29, 0.717) is 33.8 Å². The molecule has 0 fully saturated rings. The van der Waals surface area contributed by atoms with Crippen molar-refractivity contribution in [2.75, 3.05) is 0 Å². The van der Waals surface area contributed by atoms with E-state index in [1.54, 1.807) is 11.4 Å². The lowest BCUT2D eigenvalue weighted by atomic mass is 10.1. The van der Waals surface area contributed by atoms with E-state index in [-0.39, 0.29) is 12.2 Å². The number of hydrogen-bond acceptors (Lipinski definition) is 6. The van der Waals surface area contributed by atoms with Crippen molar-refractivity contribution < 1.29 is 9.53 Å². The summed E-state index contributed by atoms with van der Waals surface area (Å²) >= 11 is 0. The number of aryl methyl sites for hydroxylation is 2. The third-order valence-corrected chi connectivity index (χ3v) is 5.20. The molecule has 0 saturated carbocycles. The van der Waals surface area contributed by atoms with E-state index >= 15 is 0 Å². The fourth-order valence-electron chi connectivity index (χ4n) is 3.63. The lowest BCUT2D eigenvalue weighted by molar-refractivity contribution is 0.0462. The average molecular weight is 414 g/mol. The molecule has 0 unspecified atom stereocenters. The van der Waals surface area contributed by atoms with E-state index in [1.165, 1.54) is 10.8 Å². The third kappa shape index (κ3) is 3.07. The molecule has 0 saturated heterocycles. The fourth-order valence-corrected chi connectivity index (χ4v) is 3.63. The third-order valence-electron chi connectivity index (χ3n) is 5.20.